The highest BCUT2D eigenvalue weighted by Gasteiger charge is 2.12. The first-order valence-electron chi connectivity index (χ1n) is 5.49. The van der Waals surface area contributed by atoms with Crippen molar-refractivity contribution in [2.24, 2.45) is 5.84 Å². The molecule has 5 nitrogen and oxygen atoms in total. The van der Waals surface area contributed by atoms with E-state index in [1.54, 1.807) is 11.3 Å². The largest absolute Gasteiger partial charge is 0.330 e. The summed E-state index contributed by atoms with van der Waals surface area (Å²) in [5, 5.41) is 2.63. The van der Waals surface area contributed by atoms with Gasteiger partial charge in [0, 0.05) is 18.8 Å². The fourth-order valence-corrected chi connectivity index (χ4v) is 1.75. The van der Waals surface area contributed by atoms with Crippen molar-refractivity contribution < 1.29 is 0 Å². The van der Waals surface area contributed by atoms with Gasteiger partial charge in [0.05, 0.1) is 5.39 Å². The zero-order chi connectivity index (χ0) is 11.7. The van der Waals surface area contributed by atoms with E-state index in [0.717, 1.165) is 23.4 Å². The van der Waals surface area contributed by atoms with E-state index in [0.29, 0.717) is 6.04 Å². The summed E-state index contributed by atoms with van der Waals surface area (Å²) in [4.78, 5) is 8.54. The van der Waals surface area contributed by atoms with Gasteiger partial charge < -0.3 is 4.57 Å². The number of fused-ring (bicyclic) bond motifs is 1. The van der Waals surface area contributed by atoms with Crippen molar-refractivity contribution in [1.82, 2.24) is 14.5 Å². The van der Waals surface area contributed by atoms with E-state index in [1.807, 2.05) is 19.2 Å². The molecule has 0 aliphatic heterocycles. The maximum atomic E-state index is 5.88. The third-order valence-corrected chi connectivity index (χ3v) is 2.66. The summed E-state index contributed by atoms with van der Waals surface area (Å²) < 4.78 is 2.12. The van der Waals surface area contributed by atoms with Crippen LogP contribution in [-0.4, -0.2) is 21.1 Å². The number of hydrogen-bond donors (Lipinski definition) is 1. The lowest BCUT2D eigenvalue weighted by Crippen LogP contribution is -2.31. The maximum Gasteiger partial charge on any atom is 0.155 e. The Morgan fingerprint density at radius 2 is 2.19 bits per heavy atom. The quantitative estimate of drug-likeness (QED) is 0.630. The summed E-state index contributed by atoms with van der Waals surface area (Å²) in [5.74, 6) is 6.66. The first kappa shape index (κ1) is 10.9. The molecule has 0 saturated carbocycles. The average Bonchev–Trinajstić information content (AvgIpc) is 2.71. The Morgan fingerprint density at radius 1 is 1.44 bits per heavy atom. The number of rotatable bonds is 3. The molecule has 0 amide bonds. The lowest BCUT2D eigenvalue weighted by Gasteiger charge is -2.16. The minimum absolute atomic E-state index is 0.383. The SMILES string of the molecule is CCN(N)c1ncnc2c1ccn2C(C)C. The lowest BCUT2D eigenvalue weighted by molar-refractivity contribution is 0.617. The van der Waals surface area contributed by atoms with Crippen LogP contribution in [0.4, 0.5) is 5.82 Å². The monoisotopic (exact) mass is 219 g/mol. The second-order valence-corrected chi connectivity index (χ2v) is 4.04. The van der Waals surface area contributed by atoms with Crippen molar-refractivity contribution in [2.45, 2.75) is 26.8 Å². The topological polar surface area (TPSA) is 60.0 Å². The Bertz CT molecular complexity index is 488. The molecular weight excluding hydrogens is 202 g/mol. The normalized spacial score (nSPS) is 11.3. The van der Waals surface area contributed by atoms with Gasteiger partial charge in [0.25, 0.3) is 0 Å². The summed E-state index contributed by atoms with van der Waals surface area (Å²) in [7, 11) is 0. The molecule has 0 spiro atoms. The molecule has 86 valence electrons. The van der Waals surface area contributed by atoms with Crippen molar-refractivity contribution in [3.05, 3.63) is 18.6 Å². The fraction of sp³-hybridized carbons (Fsp3) is 0.455. The molecule has 0 aliphatic carbocycles. The van der Waals surface area contributed by atoms with E-state index < -0.39 is 0 Å². The van der Waals surface area contributed by atoms with Crippen LogP contribution in [0.3, 0.4) is 0 Å². The molecule has 0 aromatic carbocycles. The minimum atomic E-state index is 0.383. The van der Waals surface area contributed by atoms with E-state index in [1.165, 1.54) is 0 Å². The molecule has 0 bridgehead atoms. The van der Waals surface area contributed by atoms with Crippen LogP contribution in [0.1, 0.15) is 26.8 Å². The number of hydrogen-bond acceptors (Lipinski definition) is 4. The van der Waals surface area contributed by atoms with Crippen molar-refractivity contribution in [2.75, 3.05) is 11.6 Å². The van der Waals surface area contributed by atoms with E-state index in [4.69, 9.17) is 5.84 Å². The second-order valence-electron chi connectivity index (χ2n) is 4.04. The maximum absolute atomic E-state index is 5.88. The van der Waals surface area contributed by atoms with E-state index in [-0.39, 0.29) is 0 Å². The molecule has 16 heavy (non-hydrogen) atoms. The molecule has 0 unspecified atom stereocenters. The molecule has 2 rings (SSSR count). The highest BCUT2D eigenvalue weighted by molar-refractivity contribution is 5.87. The van der Waals surface area contributed by atoms with Gasteiger partial charge in [-0.2, -0.15) is 0 Å². The third kappa shape index (κ3) is 1.63. The van der Waals surface area contributed by atoms with E-state index in [9.17, 15) is 0 Å². The lowest BCUT2D eigenvalue weighted by atomic mass is 10.3. The summed E-state index contributed by atoms with van der Waals surface area (Å²) >= 11 is 0. The highest BCUT2D eigenvalue weighted by Crippen LogP contribution is 2.24. The first-order valence-corrected chi connectivity index (χ1v) is 5.49. The molecule has 0 radical (unpaired) electrons. The van der Waals surface area contributed by atoms with Gasteiger partial charge in [-0.3, -0.25) is 5.01 Å². The molecular formula is C11H17N5. The van der Waals surface area contributed by atoms with Crippen LogP contribution in [0.15, 0.2) is 18.6 Å². The summed E-state index contributed by atoms with van der Waals surface area (Å²) in [6.45, 7) is 6.97. The van der Waals surface area contributed by atoms with Crippen molar-refractivity contribution >= 4 is 16.9 Å². The average molecular weight is 219 g/mol. The van der Waals surface area contributed by atoms with Crippen LogP contribution in [0.25, 0.3) is 11.0 Å². The number of nitrogens with zero attached hydrogens (tertiary/aromatic N) is 4. The van der Waals surface area contributed by atoms with Gasteiger partial charge in [-0.15, -0.1) is 0 Å². The van der Waals surface area contributed by atoms with Crippen LogP contribution in [-0.2, 0) is 0 Å². The van der Waals surface area contributed by atoms with Crippen LogP contribution in [0.5, 0.6) is 0 Å². The van der Waals surface area contributed by atoms with Crippen LogP contribution >= 0.6 is 0 Å². The minimum Gasteiger partial charge on any atom is -0.330 e. The molecule has 0 aliphatic rings. The zero-order valence-corrected chi connectivity index (χ0v) is 9.88. The van der Waals surface area contributed by atoms with Crippen molar-refractivity contribution in [3.63, 3.8) is 0 Å². The zero-order valence-electron chi connectivity index (χ0n) is 9.88. The Morgan fingerprint density at radius 3 is 2.81 bits per heavy atom. The predicted molar refractivity (Wildman–Crippen MR) is 65.1 cm³/mol. The number of nitrogens with two attached hydrogens (primary N) is 1. The summed E-state index contributed by atoms with van der Waals surface area (Å²) in [6.07, 6.45) is 3.59. The van der Waals surface area contributed by atoms with Crippen LogP contribution in [0, 0.1) is 0 Å². The van der Waals surface area contributed by atoms with Gasteiger partial charge in [0.2, 0.25) is 0 Å². The Kier molecular flexibility index (Phi) is 2.78. The summed E-state index contributed by atoms with van der Waals surface area (Å²) in [5.41, 5.74) is 0.934. The van der Waals surface area contributed by atoms with Gasteiger partial charge in [-0.25, -0.2) is 15.8 Å². The van der Waals surface area contributed by atoms with Crippen molar-refractivity contribution in [3.8, 4) is 0 Å². The summed E-state index contributed by atoms with van der Waals surface area (Å²) in [6, 6.07) is 2.40. The standard InChI is InChI=1S/C11H17N5/c1-4-16(12)11-9-5-6-15(8(2)3)10(9)13-7-14-11/h5-8H,4,12H2,1-3H3. The Hall–Kier alpha value is -1.62. The Balaban J connectivity index is 2.62. The van der Waals surface area contributed by atoms with Gasteiger partial charge in [0.1, 0.15) is 12.0 Å². The first-order chi connectivity index (χ1) is 7.65. The number of anilines is 1. The molecule has 2 aromatic rings. The van der Waals surface area contributed by atoms with E-state index >= 15 is 0 Å². The molecule has 5 heteroatoms. The molecule has 2 heterocycles. The number of aromatic nitrogens is 3. The van der Waals surface area contributed by atoms with E-state index in [2.05, 4.69) is 28.4 Å². The molecule has 2 N–H and O–H groups in total. The van der Waals surface area contributed by atoms with Gasteiger partial charge in [-0.1, -0.05) is 0 Å². The molecule has 2 aromatic heterocycles. The van der Waals surface area contributed by atoms with Crippen molar-refractivity contribution in [1.29, 1.82) is 0 Å². The number of hydrazine groups is 1. The van der Waals surface area contributed by atoms with Gasteiger partial charge in [0.15, 0.2) is 5.82 Å². The van der Waals surface area contributed by atoms with Crippen LogP contribution < -0.4 is 10.9 Å². The molecule has 0 fully saturated rings. The highest BCUT2D eigenvalue weighted by atomic mass is 15.4. The van der Waals surface area contributed by atoms with Crippen LogP contribution in [0.2, 0.25) is 0 Å². The third-order valence-electron chi connectivity index (χ3n) is 2.66. The predicted octanol–water partition coefficient (Wildman–Crippen LogP) is 1.71. The molecule has 0 atom stereocenters. The fourth-order valence-electron chi connectivity index (χ4n) is 1.75. The second kappa shape index (κ2) is 4.09. The Labute approximate surface area is 94.9 Å². The van der Waals surface area contributed by atoms with Gasteiger partial charge >= 0.3 is 0 Å². The van der Waals surface area contributed by atoms with Gasteiger partial charge in [-0.05, 0) is 26.8 Å². The molecule has 0 saturated heterocycles. The smallest absolute Gasteiger partial charge is 0.155 e.